The average molecular weight is 577 g/mol. The summed E-state index contributed by atoms with van der Waals surface area (Å²) in [7, 11) is 0. The first kappa shape index (κ1) is 29.3. The number of halogens is 3. The second-order valence-corrected chi connectivity index (χ2v) is 12.2. The Morgan fingerprint density at radius 2 is 1.61 bits per heavy atom. The number of nitrogens with zero attached hydrogens (tertiary/aromatic N) is 5. The molecule has 41 heavy (non-hydrogen) atoms. The molecule has 4 aliphatic rings. The van der Waals surface area contributed by atoms with Crippen LogP contribution in [0.2, 0.25) is 0 Å². The number of imide groups is 1. The maximum Gasteiger partial charge on any atom is 0.417 e. The third-order valence-electron chi connectivity index (χ3n) is 8.65. The monoisotopic (exact) mass is 576 g/mol. The van der Waals surface area contributed by atoms with Crippen molar-refractivity contribution in [2.24, 2.45) is 11.8 Å². The van der Waals surface area contributed by atoms with Gasteiger partial charge >= 0.3 is 12.2 Å². The second kappa shape index (κ2) is 10.3. The van der Waals surface area contributed by atoms with Gasteiger partial charge in [0.05, 0.1) is 45.9 Å². The molecular weight excluding hydrogens is 541 g/mol. The molecule has 0 spiro atoms. The van der Waals surface area contributed by atoms with E-state index >= 15 is 0 Å². The van der Waals surface area contributed by atoms with Crippen molar-refractivity contribution in [3.05, 3.63) is 29.3 Å². The maximum absolute atomic E-state index is 13.7. The van der Waals surface area contributed by atoms with E-state index in [9.17, 15) is 27.6 Å². The van der Waals surface area contributed by atoms with Crippen LogP contribution < -0.4 is 10.2 Å². The molecular formula is C28H35F3N6O4. The smallest absolute Gasteiger partial charge is 0.365 e. The van der Waals surface area contributed by atoms with Gasteiger partial charge in [-0.3, -0.25) is 19.4 Å². The summed E-state index contributed by atoms with van der Waals surface area (Å²) in [5.74, 6) is -2.83. The third kappa shape index (κ3) is 5.17. The van der Waals surface area contributed by atoms with Crippen LogP contribution in [0.3, 0.4) is 0 Å². The van der Waals surface area contributed by atoms with E-state index in [1.807, 2.05) is 18.7 Å². The highest BCUT2D eigenvalue weighted by Crippen LogP contribution is 2.55. The third-order valence-corrected chi connectivity index (χ3v) is 8.65. The number of carbonyl (C=O) groups is 3. The van der Waals surface area contributed by atoms with Crippen LogP contribution in [-0.4, -0.2) is 102 Å². The minimum atomic E-state index is -4.81. The molecule has 1 aromatic carbocycles. The van der Waals surface area contributed by atoms with Crippen LogP contribution >= 0.6 is 0 Å². The van der Waals surface area contributed by atoms with E-state index in [0.29, 0.717) is 38.8 Å². The fourth-order valence-corrected chi connectivity index (χ4v) is 6.98. The number of nitrogens with one attached hydrogen (secondary N) is 1. The van der Waals surface area contributed by atoms with Crippen molar-refractivity contribution >= 4 is 23.5 Å². The molecule has 2 bridgehead atoms. The number of urea groups is 1. The molecule has 13 heteroatoms. The van der Waals surface area contributed by atoms with Crippen LogP contribution in [0.4, 0.5) is 23.7 Å². The summed E-state index contributed by atoms with van der Waals surface area (Å²) in [6, 6.07) is 4.45. The normalized spacial score (nSPS) is 30.6. The van der Waals surface area contributed by atoms with E-state index < -0.39 is 52.2 Å². The number of hydrogen-bond donors (Lipinski definition) is 1. The van der Waals surface area contributed by atoms with Gasteiger partial charge in [0.1, 0.15) is 0 Å². The Bertz CT molecular complexity index is 1250. The summed E-state index contributed by atoms with van der Waals surface area (Å²) >= 11 is 0. The lowest BCUT2D eigenvalue weighted by molar-refractivity contribution is -0.169. The van der Waals surface area contributed by atoms with Crippen molar-refractivity contribution in [1.82, 2.24) is 20.0 Å². The lowest BCUT2D eigenvalue weighted by Gasteiger charge is -2.45. The van der Waals surface area contributed by atoms with Crippen LogP contribution in [0, 0.1) is 23.2 Å². The molecule has 5 rings (SSSR count). The first-order valence-corrected chi connectivity index (χ1v) is 13.9. The average Bonchev–Trinajstić information content (AvgIpc) is 3.26. The van der Waals surface area contributed by atoms with Crippen molar-refractivity contribution in [2.45, 2.75) is 51.1 Å². The molecule has 4 atom stereocenters. The zero-order chi connectivity index (χ0) is 29.9. The van der Waals surface area contributed by atoms with E-state index in [2.05, 4.69) is 15.1 Å². The summed E-state index contributed by atoms with van der Waals surface area (Å²) in [6.45, 7) is 12.4. The number of amides is 4. The van der Waals surface area contributed by atoms with E-state index in [0.717, 1.165) is 30.6 Å². The largest absolute Gasteiger partial charge is 0.417 e. The van der Waals surface area contributed by atoms with Gasteiger partial charge in [0.25, 0.3) is 0 Å². The Hall–Kier alpha value is -3.21. The van der Waals surface area contributed by atoms with Gasteiger partial charge in [-0.1, -0.05) is 0 Å². The predicted molar refractivity (Wildman–Crippen MR) is 142 cm³/mol. The molecule has 1 N–H and O–H groups in total. The number of benzene rings is 1. The van der Waals surface area contributed by atoms with E-state index in [1.54, 1.807) is 13.8 Å². The number of anilines is 1. The van der Waals surface area contributed by atoms with Gasteiger partial charge in [-0.15, -0.1) is 0 Å². The number of alkyl halides is 3. The molecule has 1 aromatic rings. The van der Waals surface area contributed by atoms with Crippen molar-refractivity contribution in [2.75, 3.05) is 57.3 Å². The molecule has 4 amide bonds. The molecule has 10 nitrogen and oxygen atoms in total. The van der Waals surface area contributed by atoms with Gasteiger partial charge in [0, 0.05) is 58.4 Å². The van der Waals surface area contributed by atoms with Gasteiger partial charge in [0.2, 0.25) is 11.8 Å². The molecule has 4 fully saturated rings. The number of piperazine rings is 1. The summed E-state index contributed by atoms with van der Waals surface area (Å²) < 4.78 is 47.2. The van der Waals surface area contributed by atoms with Crippen molar-refractivity contribution in [3.8, 4) is 6.07 Å². The molecule has 222 valence electrons. The Kier molecular flexibility index (Phi) is 7.33. The minimum Gasteiger partial charge on any atom is -0.365 e. The highest BCUT2D eigenvalue weighted by Gasteiger charge is 2.71. The van der Waals surface area contributed by atoms with Gasteiger partial charge < -0.3 is 15.0 Å². The maximum atomic E-state index is 13.7. The predicted octanol–water partition coefficient (Wildman–Crippen LogP) is 2.28. The Labute approximate surface area is 237 Å². The van der Waals surface area contributed by atoms with Gasteiger partial charge in [-0.25, -0.2) is 9.69 Å². The lowest BCUT2D eigenvalue weighted by atomic mass is 9.79. The van der Waals surface area contributed by atoms with E-state index in [1.165, 1.54) is 12.1 Å². The van der Waals surface area contributed by atoms with Crippen LogP contribution in [-0.2, 0) is 20.5 Å². The molecule has 0 radical (unpaired) electrons. The first-order chi connectivity index (χ1) is 19.2. The Morgan fingerprint density at radius 3 is 2.12 bits per heavy atom. The molecule has 0 aromatic heterocycles. The van der Waals surface area contributed by atoms with Gasteiger partial charge in [-0.05, 0) is 45.9 Å². The highest BCUT2D eigenvalue weighted by molar-refractivity contribution is 6.23. The van der Waals surface area contributed by atoms with Gasteiger partial charge in [-0.2, -0.15) is 18.4 Å². The SMILES string of the molecule is CC(C)NC(=O)N1CCN(CCN2C[C@@]3(C)O[C@@](C)(C2)[C@H]2C(=O)N(c4ccc(C#N)c(C(F)(F)F)c4)C(=O)[C@H]23)CC1. The van der Waals surface area contributed by atoms with Crippen molar-refractivity contribution < 1.29 is 32.3 Å². The zero-order valence-corrected chi connectivity index (χ0v) is 23.6. The molecule has 4 aliphatic heterocycles. The summed E-state index contributed by atoms with van der Waals surface area (Å²) in [6.07, 6.45) is -4.81. The Balaban J connectivity index is 1.27. The molecule has 0 aliphatic carbocycles. The summed E-state index contributed by atoms with van der Waals surface area (Å²) in [4.78, 5) is 46.8. The van der Waals surface area contributed by atoms with Crippen LogP contribution in [0.5, 0.6) is 0 Å². The number of hydrogen-bond acceptors (Lipinski definition) is 7. The van der Waals surface area contributed by atoms with Crippen LogP contribution in [0.15, 0.2) is 18.2 Å². The summed E-state index contributed by atoms with van der Waals surface area (Å²) in [5, 5.41) is 12.0. The molecule has 0 saturated carbocycles. The quantitative estimate of drug-likeness (QED) is 0.536. The number of rotatable bonds is 5. The number of likely N-dealkylation sites (tertiary alicyclic amines) is 1. The molecule has 0 unspecified atom stereocenters. The number of morpholine rings is 1. The van der Waals surface area contributed by atoms with Gasteiger partial charge in [0.15, 0.2) is 0 Å². The number of nitriles is 1. The lowest BCUT2D eigenvalue weighted by Crippen LogP contribution is -2.59. The van der Waals surface area contributed by atoms with E-state index in [-0.39, 0.29) is 17.8 Å². The number of carbonyl (C=O) groups excluding carboxylic acids is 3. The topological polar surface area (TPSA) is 109 Å². The zero-order valence-electron chi connectivity index (χ0n) is 23.6. The van der Waals surface area contributed by atoms with Crippen LogP contribution in [0.1, 0.15) is 38.8 Å². The molecule has 4 heterocycles. The summed E-state index contributed by atoms with van der Waals surface area (Å²) in [5.41, 5.74) is -3.94. The first-order valence-electron chi connectivity index (χ1n) is 13.9. The second-order valence-electron chi connectivity index (χ2n) is 12.2. The molecule has 4 saturated heterocycles. The highest BCUT2D eigenvalue weighted by atomic mass is 19.4. The Morgan fingerprint density at radius 1 is 1.05 bits per heavy atom. The number of fused-ring (bicyclic) bond motifs is 5. The van der Waals surface area contributed by atoms with E-state index in [4.69, 9.17) is 10.00 Å². The van der Waals surface area contributed by atoms with Crippen LogP contribution in [0.25, 0.3) is 0 Å². The number of ether oxygens (including phenoxy) is 1. The van der Waals surface area contributed by atoms with Crippen molar-refractivity contribution in [1.29, 1.82) is 5.26 Å². The standard InChI is InChI=1S/C28H35F3N6O4/c1-17(2)33-25(40)36-11-9-34(10-12-36)7-8-35-15-26(3)21-22(27(4,16-35)41-26)24(39)37(23(21)38)19-6-5-18(14-32)20(13-19)28(29,30)31/h5-6,13,17,21-22H,7-12,15-16H2,1-4H3,(H,33,40)/t21-,22+,26+,27-. The minimum absolute atomic E-state index is 0.0594. The fourth-order valence-electron chi connectivity index (χ4n) is 6.98. The van der Waals surface area contributed by atoms with Crippen molar-refractivity contribution in [3.63, 3.8) is 0 Å². The fraction of sp³-hybridized carbons (Fsp3) is 0.643.